The maximum absolute atomic E-state index is 11.7. The number of carbonyl (C=O) groups excluding carboxylic acids is 1. The van der Waals surface area contributed by atoms with Crippen molar-refractivity contribution in [3.63, 3.8) is 0 Å². The van der Waals surface area contributed by atoms with Crippen LogP contribution in [0.15, 0.2) is 24.3 Å². The van der Waals surface area contributed by atoms with Crippen LogP contribution in [0.4, 0.5) is 0 Å². The fraction of sp³-hybridized carbons (Fsp3) is 0.231. The Hall–Kier alpha value is -1.90. The summed E-state index contributed by atoms with van der Waals surface area (Å²) in [5.41, 5.74) is 4.79. The van der Waals surface area contributed by atoms with Crippen molar-refractivity contribution < 1.29 is 4.79 Å². The quantitative estimate of drug-likeness (QED) is 0.789. The third-order valence-corrected chi connectivity index (χ3v) is 3.01. The number of carbonyl (C=O) groups is 1. The van der Waals surface area contributed by atoms with Gasteiger partial charge in [0.1, 0.15) is 5.69 Å². The molecule has 0 saturated carbocycles. The van der Waals surface area contributed by atoms with Crippen LogP contribution < -0.4 is 0 Å². The van der Waals surface area contributed by atoms with Gasteiger partial charge in [-0.1, -0.05) is 23.8 Å². The highest BCUT2D eigenvalue weighted by Crippen LogP contribution is 2.30. The normalized spacial score (nSPS) is 14.2. The Morgan fingerprint density at radius 2 is 2.19 bits per heavy atom. The van der Waals surface area contributed by atoms with Gasteiger partial charge in [-0.15, -0.1) is 0 Å². The summed E-state index contributed by atoms with van der Waals surface area (Å²) in [4.78, 5) is 11.7. The molecule has 16 heavy (non-hydrogen) atoms. The first kappa shape index (κ1) is 9.33. The molecule has 0 amide bonds. The molecule has 1 aliphatic carbocycles. The maximum atomic E-state index is 11.7. The number of hydrogen-bond acceptors (Lipinski definition) is 2. The molecule has 0 unspecified atom stereocenters. The second kappa shape index (κ2) is 3.30. The molecule has 1 heterocycles. The molecule has 2 aromatic rings. The number of aromatic amines is 1. The predicted molar refractivity (Wildman–Crippen MR) is 61.4 cm³/mol. The number of Topliss-reactive ketones (excluding diaryl/α,β-unsaturated/α-hetero) is 1. The van der Waals surface area contributed by atoms with Gasteiger partial charge in [0.25, 0.3) is 0 Å². The Labute approximate surface area is 93.5 Å². The SMILES string of the molecule is Cc1cccc(-c2n[nH]c3c2C(=O)CC3)c1. The van der Waals surface area contributed by atoms with Gasteiger partial charge >= 0.3 is 0 Å². The lowest BCUT2D eigenvalue weighted by Gasteiger charge is -2.00. The van der Waals surface area contributed by atoms with Crippen LogP contribution in [0.3, 0.4) is 0 Å². The van der Waals surface area contributed by atoms with Gasteiger partial charge in [-0.3, -0.25) is 9.89 Å². The minimum Gasteiger partial charge on any atom is -0.294 e. The maximum Gasteiger partial charge on any atom is 0.167 e. The van der Waals surface area contributed by atoms with Crippen molar-refractivity contribution in [2.45, 2.75) is 19.8 Å². The van der Waals surface area contributed by atoms with Gasteiger partial charge in [0.2, 0.25) is 0 Å². The Kier molecular flexibility index (Phi) is 1.93. The molecule has 0 spiro atoms. The highest BCUT2D eigenvalue weighted by Gasteiger charge is 2.26. The van der Waals surface area contributed by atoms with Gasteiger partial charge in [0.15, 0.2) is 5.78 Å². The number of hydrogen-bond donors (Lipinski definition) is 1. The number of nitrogens with one attached hydrogen (secondary N) is 1. The Morgan fingerprint density at radius 3 is 3.00 bits per heavy atom. The van der Waals surface area contributed by atoms with Crippen LogP contribution >= 0.6 is 0 Å². The number of nitrogens with zero attached hydrogens (tertiary/aromatic N) is 1. The molecule has 3 heteroatoms. The number of aromatic nitrogens is 2. The summed E-state index contributed by atoms with van der Waals surface area (Å²) in [6.45, 7) is 2.04. The Balaban J connectivity index is 2.18. The summed E-state index contributed by atoms with van der Waals surface area (Å²) in [5.74, 6) is 0.209. The lowest BCUT2D eigenvalue weighted by molar-refractivity contribution is 0.0995. The fourth-order valence-corrected chi connectivity index (χ4v) is 2.22. The van der Waals surface area contributed by atoms with Crippen molar-refractivity contribution in [1.29, 1.82) is 0 Å². The van der Waals surface area contributed by atoms with Crippen molar-refractivity contribution in [1.82, 2.24) is 10.2 Å². The van der Waals surface area contributed by atoms with Gasteiger partial charge in [-0.25, -0.2) is 0 Å². The molecule has 0 aliphatic heterocycles. The van der Waals surface area contributed by atoms with E-state index in [0.29, 0.717) is 6.42 Å². The van der Waals surface area contributed by atoms with Gasteiger partial charge in [0, 0.05) is 17.7 Å². The third-order valence-electron chi connectivity index (χ3n) is 3.01. The monoisotopic (exact) mass is 212 g/mol. The van der Waals surface area contributed by atoms with Crippen molar-refractivity contribution in [2.24, 2.45) is 0 Å². The molecule has 1 aromatic heterocycles. The van der Waals surface area contributed by atoms with E-state index in [1.807, 2.05) is 25.1 Å². The van der Waals surface area contributed by atoms with E-state index in [4.69, 9.17) is 0 Å². The number of fused-ring (bicyclic) bond motifs is 1. The number of H-pyrrole nitrogens is 1. The van der Waals surface area contributed by atoms with Crippen molar-refractivity contribution in [3.05, 3.63) is 41.1 Å². The van der Waals surface area contributed by atoms with E-state index in [1.165, 1.54) is 5.56 Å². The molecule has 0 atom stereocenters. The summed E-state index contributed by atoms with van der Waals surface area (Å²) in [6, 6.07) is 8.08. The summed E-state index contributed by atoms with van der Waals surface area (Å²) >= 11 is 0. The summed E-state index contributed by atoms with van der Waals surface area (Å²) in [7, 11) is 0. The van der Waals surface area contributed by atoms with Crippen LogP contribution in [0.5, 0.6) is 0 Å². The average molecular weight is 212 g/mol. The van der Waals surface area contributed by atoms with Crippen LogP contribution in [0.1, 0.15) is 28.0 Å². The average Bonchev–Trinajstić information content (AvgIpc) is 2.82. The number of benzene rings is 1. The van der Waals surface area contributed by atoms with Crippen LogP contribution in [0.25, 0.3) is 11.3 Å². The molecule has 1 aromatic carbocycles. The van der Waals surface area contributed by atoms with Gasteiger partial charge in [-0.2, -0.15) is 5.10 Å². The minimum atomic E-state index is 0.209. The van der Waals surface area contributed by atoms with Crippen LogP contribution in [0.2, 0.25) is 0 Å². The first-order valence-electron chi connectivity index (χ1n) is 5.43. The van der Waals surface area contributed by atoms with Crippen LogP contribution in [-0.2, 0) is 6.42 Å². The molecular formula is C13H12N2O. The molecule has 1 N–H and O–H groups in total. The van der Waals surface area contributed by atoms with Crippen LogP contribution in [-0.4, -0.2) is 16.0 Å². The Bertz CT molecular complexity index is 569. The molecule has 0 radical (unpaired) electrons. The highest BCUT2D eigenvalue weighted by molar-refractivity contribution is 6.05. The van der Waals surface area contributed by atoms with Crippen molar-refractivity contribution in [2.75, 3.05) is 0 Å². The number of aryl methyl sites for hydroxylation is 2. The van der Waals surface area contributed by atoms with Crippen molar-refractivity contribution in [3.8, 4) is 11.3 Å². The highest BCUT2D eigenvalue weighted by atomic mass is 16.1. The zero-order valence-corrected chi connectivity index (χ0v) is 9.08. The zero-order chi connectivity index (χ0) is 11.1. The molecular weight excluding hydrogens is 200 g/mol. The summed E-state index contributed by atoms with van der Waals surface area (Å²) in [5, 5.41) is 7.22. The Morgan fingerprint density at radius 1 is 1.31 bits per heavy atom. The van der Waals surface area contributed by atoms with E-state index in [-0.39, 0.29) is 5.78 Å². The first-order valence-corrected chi connectivity index (χ1v) is 5.43. The predicted octanol–water partition coefficient (Wildman–Crippen LogP) is 2.51. The second-order valence-corrected chi connectivity index (χ2v) is 4.22. The number of rotatable bonds is 1. The standard InChI is InChI=1S/C13H12N2O/c1-8-3-2-4-9(7-8)13-12-10(14-15-13)5-6-11(12)16/h2-4,7H,5-6H2,1H3,(H,14,15). The number of ketones is 1. The lowest BCUT2D eigenvalue weighted by atomic mass is 10.0. The van der Waals surface area contributed by atoms with E-state index in [2.05, 4.69) is 16.3 Å². The molecule has 3 nitrogen and oxygen atoms in total. The molecule has 0 saturated heterocycles. The third kappa shape index (κ3) is 1.28. The van der Waals surface area contributed by atoms with Crippen molar-refractivity contribution >= 4 is 5.78 Å². The topological polar surface area (TPSA) is 45.8 Å². The summed E-state index contributed by atoms with van der Waals surface area (Å²) < 4.78 is 0. The minimum absolute atomic E-state index is 0.209. The van der Waals surface area contributed by atoms with E-state index in [9.17, 15) is 4.79 Å². The summed E-state index contributed by atoms with van der Waals surface area (Å²) in [6.07, 6.45) is 1.41. The van der Waals surface area contributed by atoms with E-state index >= 15 is 0 Å². The largest absolute Gasteiger partial charge is 0.294 e. The smallest absolute Gasteiger partial charge is 0.167 e. The second-order valence-electron chi connectivity index (χ2n) is 4.22. The lowest BCUT2D eigenvalue weighted by Crippen LogP contribution is -1.93. The van der Waals surface area contributed by atoms with Gasteiger partial charge in [-0.05, 0) is 19.4 Å². The van der Waals surface area contributed by atoms with Gasteiger partial charge < -0.3 is 0 Å². The fourth-order valence-electron chi connectivity index (χ4n) is 2.22. The van der Waals surface area contributed by atoms with Gasteiger partial charge in [0.05, 0.1) is 5.56 Å². The van der Waals surface area contributed by atoms with Crippen LogP contribution in [0, 0.1) is 6.92 Å². The van der Waals surface area contributed by atoms with E-state index in [1.54, 1.807) is 0 Å². The zero-order valence-electron chi connectivity index (χ0n) is 9.08. The first-order chi connectivity index (χ1) is 7.75. The van der Waals surface area contributed by atoms with E-state index < -0.39 is 0 Å². The molecule has 80 valence electrons. The molecule has 0 bridgehead atoms. The van der Waals surface area contributed by atoms with E-state index in [0.717, 1.165) is 28.9 Å². The molecule has 1 aliphatic rings. The molecule has 3 rings (SSSR count). The molecule has 0 fully saturated rings.